The molecule has 0 spiro atoms. The largest absolute Gasteiger partial charge is 0.497 e. The Labute approximate surface area is 215 Å². The van der Waals surface area contributed by atoms with Crippen LogP contribution in [0.1, 0.15) is 38.2 Å². The Balaban J connectivity index is 2.10. The SMILES string of the molecule is COC(=O)C1=C(C(=O)OC)N(c2ccc(OC)cc2)C2=C(C(=O)CC(C)(C)C2)C1c1ccc(Cl)cc1. The number of methoxy groups -OCH3 is 3. The van der Waals surface area contributed by atoms with Crippen LogP contribution in [0.3, 0.4) is 0 Å². The lowest BCUT2D eigenvalue weighted by atomic mass is 9.68. The van der Waals surface area contributed by atoms with Gasteiger partial charge in [0.15, 0.2) is 5.78 Å². The van der Waals surface area contributed by atoms with Gasteiger partial charge in [0.25, 0.3) is 0 Å². The quantitative estimate of drug-likeness (QED) is 0.512. The molecule has 0 fully saturated rings. The molecule has 2 aromatic carbocycles. The molecule has 2 aromatic rings. The average molecular weight is 510 g/mol. The van der Waals surface area contributed by atoms with Crippen LogP contribution < -0.4 is 9.64 Å². The summed E-state index contributed by atoms with van der Waals surface area (Å²) >= 11 is 6.13. The number of Topliss-reactive ketones (excluding diaryl/α,β-unsaturated/α-hetero) is 1. The number of halogens is 1. The molecule has 0 N–H and O–H groups in total. The van der Waals surface area contributed by atoms with Crippen molar-refractivity contribution in [3.8, 4) is 5.75 Å². The molecule has 36 heavy (non-hydrogen) atoms. The van der Waals surface area contributed by atoms with Crippen molar-refractivity contribution in [1.29, 1.82) is 0 Å². The fraction of sp³-hybridized carbons (Fsp3) is 0.321. The Morgan fingerprint density at radius 2 is 1.53 bits per heavy atom. The molecule has 1 atom stereocenters. The summed E-state index contributed by atoms with van der Waals surface area (Å²) in [7, 11) is 4.06. The van der Waals surface area contributed by atoms with E-state index in [2.05, 4.69) is 0 Å². The number of rotatable bonds is 5. The summed E-state index contributed by atoms with van der Waals surface area (Å²) in [5.41, 5.74) is 2.03. The first-order valence-corrected chi connectivity index (χ1v) is 11.9. The summed E-state index contributed by atoms with van der Waals surface area (Å²) in [6.45, 7) is 4.02. The fourth-order valence-electron chi connectivity index (χ4n) is 4.99. The maximum Gasteiger partial charge on any atom is 0.355 e. The summed E-state index contributed by atoms with van der Waals surface area (Å²) in [5, 5.41) is 0.511. The second-order valence-corrected chi connectivity index (χ2v) is 10.0. The maximum atomic E-state index is 13.8. The van der Waals surface area contributed by atoms with Crippen molar-refractivity contribution in [2.45, 2.75) is 32.6 Å². The van der Waals surface area contributed by atoms with Gasteiger partial charge in [-0.3, -0.25) is 4.79 Å². The lowest BCUT2D eigenvalue weighted by molar-refractivity contribution is -0.139. The van der Waals surface area contributed by atoms with Crippen molar-refractivity contribution in [2.75, 3.05) is 26.2 Å². The van der Waals surface area contributed by atoms with Gasteiger partial charge in [-0.1, -0.05) is 37.6 Å². The molecule has 0 bridgehead atoms. The van der Waals surface area contributed by atoms with E-state index in [1.807, 2.05) is 13.8 Å². The van der Waals surface area contributed by atoms with Gasteiger partial charge >= 0.3 is 11.9 Å². The van der Waals surface area contributed by atoms with Crippen LogP contribution in [-0.2, 0) is 23.9 Å². The Hall–Kier alpha value is -3.58. The van der Waals surface area contributed by atoms with Crippen molar-refractivity contribution in [3.05, 3.63) is 81.7 Å². The van der Waals surface area contributed by atoms with E-state index in [9.17, 15) is 14.4 Å². The molecule has 1 unspecified atom stereocenters. The van der Waals surface area contributed by atoms with Gasteiger partial charge < -0.3 is 19.1 Å². The number of carbonyl (C=O) groups excluding carboxylic acids is 3. The molecule has 1 aliphatic carbocycles. The van der Waals surface area contributed by atoms with Crippen LogP contribution in [0.25, 0.3) is 0 Å². The van der Waals surface area contributed by atoms with Crippen LogP contribution in [0.15, 0.2) is 71.1 Å². The van der Waals surface area contributed by atoms with E-state index in [-0.39, 0.29) is 22.5 Å². The molecule has 188 valence electrons. The molecule has 1 aliphatic heterocycles. The van der Waals surface area contributed by atoms with E-state index >= 15 is 0 Å². The highest BCUT2D eigenvalue weighted by atomic mass is 35.5. The van der Waals surface area contributed by atoms with Crippen LogP contribution >= 0.6 is 11.6 Å². The molecule has 8 heteroatoms. The van der Waals surface area contributed by atoms with Crippen LogP contribution in [0, 0.1) is 5.41 Å². The van der Waals surface area contributed by atoms with Crippen LogP contribution in [-0.4, -0.2) is 39.1 Å². The molecule has 4 rings (SSSR count). The maximum absolute atomic E-state index is 13.8. The lowest BCUT2D eigenvalue weighted by Crippen LogP contribution is -2.43. The molecule has 0 saturated heterocycles. The summed E-state index contributed by atoms with van der Waals surface area (Å²) in [6.07, 6.45) is 0.799. The lowest BCUT2D eigenvalue weighted by Gasteiger charge is -2.44. The third kappa shape index (κ3) is 4.51. The predicted octanol–water partition coefficient (Wildman–Crippen LogP) is 5.20. The van der Waals surface area contributed by atoms with E-state index in [1.54, 1.807) is 60.5 Å². The van der Waals surface area contributed by atoms with Gasteiger partial charge in [0.2, 0.25) is 0 Å². The van der Waals surface area contributed by atoms with E-state index in [0.29, 0.717) is 46.1 Å². The first kappa shape index (κ1) is 25.5. The van der Waals surface area contributed by atoms with Gasteiger partial charge in [0.05, 0.1) is 26.9 Å². The topological polar surface area (TPSA) is 82.1 Å². The second kappa shape index (κ2) is 9.82. The van der Waals surface area contributed by atoms with Gasteiger partial charge in [0, 0.05) is 34.3 Å². The molecule has 7 nitrogen and oxygen atoms in total. The third-order valence-corrected chi connectivity index (χ3v) is 6.79. The number of hydrogen-bond donors (Lipinski definition) is 0. The van der Waals surface area contributed by atoms with Gasteiger partial charge in [-0.2, -0.15) is 0 Å². The number of esters is 2. The zero-order chi connectivity index (χ0) is 26.2. The van der Waals surface area contributed by atoms with E-state index < -0.39 is 17.9 Å². The number of benzene rings is 2. The second-order valence-electron chi connectivity index (χ2n) is 9.56. The Morgan fingerprint density at radius 3 is 2.08 bits per heavy atom. The number of anilines is 1. The van der Waals surface area contributed by atoms with Gasteiger partial charge in [-0.05, 0) is 53.8 Å². The number of allylic oxidation sites excluding steroid dienone is 2. The third-order valence-electron chi connectivity index (χ3n) is 6.54. The Morgan fingerprint density at radius 1 is 0.917 bits per heavy atom. The number of carbonyl (C=O) groups is 3. The first-order chi connectivity index (χ1) is 17.1. The van der Waals surface area contributed by atoms with Crippen molar-refractivity contribution in [2.24, 2.45) is 5.41 Å². The van der Waals surface area contributed by atoms with Crippen molar-refractivity contribution in [3.63, 3.8) is 0 Å². The Bertz CT molecular complexity index is 1270. The van der Waals surface area contributed by atoms with Crippen molar-refractivity contribution < 1.29 is 28.6 Å². The van der Waals surface area contributed by atoms with Crippen molar-refractivity contribution in [1.82, 2.24) is 0 Å². The molecule has 1 heterocycles. The molecular weight excluding hydrogens is 482 g/mol. The average Bonchev–Trinajstić information content (AvgIpc) is 2.86. The summed E-state index contributed by atoms with van der Waals surface area (Å²) in [4.78, 5) is 42.1. The number of nitrogens with zero attached hydrogens (tertiary/aromatic N) is 1. The zero-order valence-electron chi connectivity index (χ0n) is 20.9. The Kier molecular flexibility index (Phi) is 6.96. The summed E-state index contributed by atoms with van der Waals surface area (Å²) < 4.78 is 15.6. The van der Waals surface area contributed by atoms with Crippen LogP contribution in [0.2, 0.25) is 5.02 Å². The number of hydrogen-bond acceptors (Lipinski definition) is 7. The van der Waals surface area contributed by atoms with Crippen LogP contribution in [0.5, 0.6) is 5.75 Å². The van der Waals surface area contributed by atoms with E-state index in [0.717, 1.165) is 0 Å². The highest BCUT2D eigenvalue weighted by Crippen LogP contribution is 2.51. The minimum Gasteiger partial charge on any atom is -0.497 e. The molecule has 2 aliphatic rings. The smallest absolute Gasteiger partial charge is 0.355 e. The molecule has 0 saturated carbocycles. The predicted molar refractivity (Wildman–Crippen MR) is 136 cm³/mol. The number of ether oxygens (including phenoxy) is 3. The zero-order valence-corrected chi connectivity index (χ0v) is 21.6. The minimum absolute atomic E-state index is 0.0127. The monoisotopic (exact) mass is 509 g/mol. The van der Waals surface area contributed by atoms with Gasteiger partial charge in [0.1, 0.15) is 11.4 Å². The van der Waals surface area contributed by atoms with Gasteiger partial charge in [-0.15, -0.1) is 0 Å². The molecule has 0 aromatic heterocycles. The highest BCUT2D eigenvalue weighted by Gasteiger charge is 2.48. The van der Waals surface area contributed by atoms with Crippen LogP contribution in [0.4, 0.5) is 5.69 Å². The molecule has 0 amide bonds. The molecule has 0 radical (unpaired) electrons. The van der Waals surface area contributed by atoms with E-state index in [1.165, 1.54) is 14.2 Å². The van der Waals surface area contributed by atoms with E-state index in [4.69, 9.17) is 25.8 Å². The molecular formula is C28H28ClNO6. The normalized spacial score (nSPS) is 19.1. The summed E-state index contributed by atoms with van der Waals surface area (Å²) in [6, 6.07) is 13.9. The first-order valence-electron chi connectivity index (χ1n) is 11.5. The summed E-state index contributed by atoms with van der Waals surface area (Å²) in [5.74, 6) is -1.73. The minimum atomic E-state index is -0.822. The van der Waals surface area contributed by atoms with Gasteiger partial charge in [-0.25, -0.2) is 9.59 Å². The number of ketones is 1. The highest BCUT2D eigenvalue weighted by molar-refractivity contribution is 6.30. The fourth-order valence-corrected chi connectivity index (χ4v) is 5.12. The van der Waals surface area contributed by atoms with Crippen molar-refractivity contribution >= 4 is 35.0 Å². The standard InChI is InChI=1S/C28H28ClNO6/c1-28(2)14-20-23(21(31)15-28)22(16-6-8-17(29)9-7-16)24(26(32)35-4)25(27(33)36-5)30(20)18-10-12-19(34-3)13-11-18/h6-13,22H,14-15H2,1-5H3.